The van der Waals surface area contributed by atoms with Crippen LogP contribution in [-0.4, -0.2) is 15.0 Å². The van der Waals surface area contributed by atoms with Gasteiger partial charge in [0.25, 0.3) is 0 Å². The normalized spacial score (nSPS) is 17.1. The van der Waals surface area contributed by atoms with E-state index in [1.807, 2.05) is 0 Å². The first-order chi connectivity index (χ1) is 4.93. The van der Waals surface area contributed by atoms with Crippen LogP contribution in [0.5, 0.6) is 0 Å². The van der Waals surface area contributed by atoms with Crippen LogP contribution in [-0.2, 0) is 0 Å². The summed E-state index contributed by atoms with van der Waals surface area (Å²) in [5, 5.41) is 1.42. The molecule has 0 radical (unpaired) electrons. The van der Waals surface area contributed by atoms with E-state index >= 15 is 0 Å². The summed E-state index contributed by atoms with van der Waals surface area (Å²) in [6.07, 6.45) is 10.7. The molecule has 0 fully saturated rings. The van der Waals surface area contributed by atoms with E-state index in [4.69, 9.17) is 0 Å². The molecule has 0 heterocycles. The predicted molar refractivity (Wildman–Crippen MR) is 47.3 cm³/mol. The fourth-order valence-corrected chi connectivity index (χ4v) is 2.83. The van der Waals surface area contributed by atoms with Gasteiger partial charge in [-0.2, -0.15) is 0 Å². The zero-order valence-corrected chi connectivity index (χ0v) is 8.18. The van der Waals surface area contributed by atoms with Crippen LogP contribution in [0, 0.1) is 0 Å². The maximum atomic E-state index is 2.30. The van der Waals surface area contributed by atoms with E-state index in [1.54, 1.807) is 4.47 Å². The van der Waals surface area contributed by atoms with E-state index in [0.717, 1.165) is 15.0 Å². The van der Waals surface area contributed by atoms with Crippen molar-refractivity contribution in [2.45, 2.75) is 31.5 Å². The van der Waals surface area contributed by atoms with E-state index in [-0.39, 0.29) is 0 Å². The Bertz CT molecular complexity index is 145. The fourth-order valence-electron chi connectivity index (χ4n) is 0.934. The van der Waals surface area contributed by atoms with Crippen molar-refractivity contribution in [2.75, 3.05) is 0 Å². The van der Waals surface area contributed by atoms with Crippen LogP contribution in [0.3, 0.4) is 0 Å². The van der Waals surface area contributed by atoms with E-state index in [1.165, 1.54) is 24.6 Å². The number of allylic oxidation sites excluding steroid dienone is 4. The van der Waals surface area contributed by atoms with Crippen LogP contribution in [0.2, 0.25) is 5.32 Å². The Labute approximate surface area is 69.6 Å². The van der Waals surface area contributed by atoms with Crippen molar-refractivity contribution in [3.05, 3.63) is 22.7 Å². The van der Waals surface area contributed by atoms with Gasteiger partial charge >= 0.3 is 69.2 Å². The molecular formula is C9H14Se. The summed E-state index contributed by atoms with van der Waals surface area (Å²) in [5.41, 5.74) is 0. The topological polar surface area (TPSA) is 0 Å². The number of hydrogen-bond acceptors (Lipinski definition) is 0. The molecule has 0 amide bonds. The molecule has 0 unspecified atom stereocenters. The summed E-state index contributed by atoms with van der Waals surface area (Å²) in [4.78, 5) is 0. The van der Waals surface area contributed by atoms with Gasteiger partial charge in [0.2, 0.25) is 0 Å². The van der Waals surface area contributed by atoms with Crippen molar-refractivity contribution in [2.24, 2.45) is 0 Å². The van der Waals surface area contributed by atoms with Crippen molar-refractivity contribution in [3.63, 3.8) is 0 Å². The van der Waals surface area contributed by atoms with Crippen LogP contribution in [0.1, 0.15) is 26.2 Å². The Morgan fingerprint density at radius 3 is 3.10 bits per heavy atom. The molecule has 0 N–H and O–H groups in total. The van der Waals surface area contributed by atoms with Crippen molar-refractivity contribution < 1.29 is 0 Å². The van der Waals surface area contributed by atoms with Crippen LogP contribution < -0.4 is 0 Å². The Morgan fingerprint density at radius 1 is 1.60 bits per heavy atom. The van der Waals surface area contributed by atoms with Crippen molar-refractivity contribution in [3.8, 4) is 0 Å². The molecule has 10 heavy (non-hydrogen) atoms. The summed E-state index contributed by atoms with van der Waals surface area (Å²) >= 11 is 0.805. The first-order valence-corrected chi connectivity index (χ1v) is 5.98. The molecule has 0 saturated carbocycles. The van der Waals surface area contributed by atoms with E-state index in [2.05, 4.69) is 25.2 Å². The molecular weight excluding hydrogens is 187 g/mol. The molecule has 0 nitrogen and oxygen atoms in total. The molecule has 1 rings (SSSR count). The molecule has 56 valence electrons. The molecule has 1 aliphatic rings. The summed E-state index contributed by atoms with van der Waals surface area (Å²) in [6.45, 7) is 2.26. The summed E-state index contributed by atoms with van der Waals surface area (Å²) in [6, 6.07) is 0. The molecule has 0 atom stereocenters. The van der Waals surface area contributed by atoms with Gasteiger partial charge in [-0.15, -0.1) is 0 Å². The molecule has 0 aromatic carbocycles. The number of rotatable bonds is 3. The monoisotopic (exact) mass is 202 g/mol. The average Bonchev–Trinajstić information content (AvgIpc) is 2.03. The second kappa shape index (κ2) is 4.76. The Hall–Kier alpha value is -0.000519. The van der Waals surface area contributed by atoms with Gasteiger partial charge in [-0.3, -0.25) is 0 Å². The van der Waals surface area contributed by atoms with Crippen LogP contribution >= 0.6 is 0 Å². The zero-order valence-electron chi connectivity index (χ0n) is 6.47. The second-order valence-corrected chi connectivity index (χ2v) is 5.01. The molecule has 1 heteroatoms. The summed E-state index contributed by atoms with van der Waals surface area (Å²) < 4.78 is 1.71. The van der Waals surface area contributed by atoms with Crippen LogP contribution in [0.15, 0.2) is 22.7 Å². The molecule has 0 aliphatic heterocycles. The number of hydrogen-bond donors (Lipinski definition) is 0. The molecule has 0 saturated heterocycles. The van der Waals surface area contributed by atoms with Gasteiger partial charge < -0.3 is 0 Å². The van der Waals surface area contributed by atoms with E-state index in [0.29, 0.717) is 0 Å². The predicted octanol–water partition coefficient (Wildman–Crippen LogP) is 2.75. The third kappa shape index (κ3) is 2.72. The zero-order chi connectivity index (χ0) is 7.23. The Kier molecular flexibility index (Phi) is 3.86. The summed E-state index contributed by atoms with van der Waals surface area (Å²) in [7, 11) is 0. The van der Waals surface area contributed by atoms with Crippen molar-refractivity contribution in [1.29, 1.82) is 0 Å². The van der Waals surface area contributed by atoms with Gasteiger partial charge in [0.15, 0.2) is 0 Å². The molecule has 0 aromatic heterocycles. The van der Waals surface area contributed by atoms with Gasteiger partial charge in [0.1, 0.15) is 0 Å². The molecule has 0 bridgehead atoms. The summed E-state index contributed by atoms with van der Waals surface area (Å²) in [5.74, 6) is 0. The van der Waals surface area contributed by atoms with Crippen molar-refractivity contribution in [1.82, 2.24) is 0 Å². The second-order valence-electron chi connectivity index (χ2n) is 2.45. The maximum absolute atomic E-state index is 2.30. The SMILES string of the molecule is CCC[Se]C1=CC=CCC1. The quantitative estimate of drug-likeness (QED) is 0.616. The molecule has 1 aliphatic carbocycles. The van der Waals surface area contributed by atoms with Crippen LogP contribution in [0.4, 0.5) is 0 Å². The average molecular weight is 201 g/mol. The Balaban J connectivity index is 2.25. The molecule has 0 spiro atoms. The van der Waals surface area contributed by atoms with E-state index in [9.17, 15) is 0 Å². The van der Waals surface area contributed by atoms with Gasteiger partial charge in [-0.25, -0.2) is 0 Å². The fraction of sp³-hybridized carbons (Fsp3) is 0.556. The standard InChI is InChI=1S/C9H14Se/c1-2-8-10-9-6-4-3-5-7-9/h3-4,6H,2,5,7-8H2,1H3. The van der Waals surface area contributed by atoms with Crippen molar-refractivity contribution >= 4 is 15.0 Å². The third-order valence-corrected chi connectivity index (χ3v) is 4.24. The van der Waals surface area contributed by atoms with Gasteiger partial charge in [-0.05, 0) is 0 Å². The minimum absolute atomic E-state index is 0.805. The van der Waals surface area contributed by atoms with Crippen LogP contribution in [0.25, 0.3) is 0 Å². The molecule has 0 aromatic rings. The van der Waals surface area contributed by atoms with Gasteiger partial charge in [-0.1, -0.05) is 0 Å². The third-order valence-electron chi connectivity index (χ3n) is 1.47. The van der Waals surface area contributed by atoms with Gasteiger partial charge in [0, 0.05) is 0 Å². The first kappa shape index (κ1) is 8.10. The van der Waals surface area contributed by atoms with Gasteiger partial charge in [0.05, 0.1) is 0 Å². The Morgan fingerprint density at radius 2 is 2.50 bits per heavy atom. The van der Waals surface area contributed by atoms with E-state index < -0.39 is 0 Å². The minimum atomic E-state index is 0.805. The first-order valence-electron chi connectivity index (χ1n) is 3.92.